The van der Waals surface area contributed by atoms with Gasteiger partial charge in [-0.25, -0.2) is 4.98 Å². The molecule has 3 aromatic rings. The van der Waals surface area contributed by atoms with Gasteiger partial charge in [0.05, 0.1) is 16.7 Å². The summed E-state index contributed by atoms with van der Waals surface area (Å²) in [5.41, 5.74) is 10.2. The first-order valence-electron chi connectivity index (χ1n) is 6.14. The molecule has 0 saturated carbocycles. The Morgan fingerprint density at radius 1 is 1.21 bits per heavy atom. The standard InChI is InChI=1S/C15H14BrN3/c1-10(17)11-6-7-14(12(16)8-11)19-9-18-13-4-2-3-5-15(13)19/h2-10H,17H2,1H3/t10-/m0/s1. The normalized spacial score (nSPS) is 12.8. The van der Waals surface area contributed by atoms with E-state index in [0.29, 0.717) is 0 Å². The molecule has 0 unspecified atom stereocenters. The summed E-state index contributed by atoms with van der Waals surface area (Å²) in [5, 5.41) is 0. The van der Waals surface area contributed by atoms with Crippen molar-refractivity contribution in [2.45, 2.75) is 13.0 Å². The summed E-state index contributed by atoms with van der Waals surface area (Å²) in [7, 11) is 0. The summed E-state index contributed by atoms with van der Waals surface area (Å²) in [4.78, 5) is 4.41. The van der Waals surface area contributed by atoms with E-state index in [1.54, 1.807) is 0 Å². The molecule has 0 radical (unpaired) electrons. The number of imidazole rings is 1. The molecule has 1 aromatic heterocycles. The average Bonchev–Trinajstić information content (AvgIpc) is 2.82. The molecule has 3 rings (SSSR count). The first kappa shape index (κ1) is 12.4. The molecule has 2 N–H and O–H groups in total. The van der Waals surface area contributed by atoms with Crippen molar-refractivity contribution in [1.82, 2.24) is 9.55 Å². The zero-order valence-electron chi connectivity index (χ0n) is 10.5. The molecule has 0 fully saturated rings. The minimum absolute atomic E-state index is 0.0323. The van der Waals surface area contributed by atoms with Gasteiger partial charge < -0.3 is 5.73 Å². The average molecular weight is 316 g/mol. The number of nitrogens with two attached hydrogens (primary N) is 1. The maximum atomic E-state index is 5.90. The molecule has 0 saturated heterocycles. The van der Waals surface area contributed by atoms with Gasteiger partial charge in [-0.15, -0.1) is 0 Å². The quantitative estimate of drug-likeness (QED) is 0.781. The third-order valence-electron chi connectivity index (χ3n) is 3.21. The third kappa shape index (κ3) is 2.17. The second kappa shape index (κ2) is 4.79. The van der Waals surface area contributed by atoms with Crippen LogP contribution in [0, 0.1) is 0 Å². The lowest BCUT2D eigenvalue weighted by atomic mass is 10.1. The SMILES string of the molecule is C[C@H](N)c1ccc(-n2cnc3ccccc32)c(Br)c1. The minimum Gasteiger partial charge on any atom is -0.324 e. The highest BCUT2D eigenvalue weighted by atomic mass is 79.9. The maximum Gasteiger partial charge on any atom is 0.100 e. The molecule has 3 nitrogen and oxygen atoms in total. The van der Waals surface area contributed by atoms with Crippen molar-refractivity contribution in [3.63, 3.8) is 0 Å². The first-order chi connectivity index (χ1) is 9.16. The molecule has 0 bridgehead atoms. The van der Waals surface area contributed by atoms with Crippen LogP contribution in [0.15, 0.2) is 53.3 Å². The number of nitrogens with zero attached hydrogens (tertiary/aromatic N) is 2. The summed E-state index contributed by atoms with van der Waals surface area (Å²) >= 11 is 3.62. The highest BCUT2D eigenvalue weighted by Crippen LogP contribution is 2.27. The number of aromatic nitrogens is 2. The van der Waals surface area contributed by atoms with Crippen LogP contribution in [0.4, 0.5) is 0 Å². The van der Waals surface area contributed by atoms with Gasteiger partial charge in [0.15, 0.2) is 0 Å². The molecular weight excluding hydrogens is 302 g/mol. The van der Waals surface area contributed by atoms with E-state index in [0.717, 1.165) is 26.8 Å². The Morgan fingerprint density at radius 3 is 2.74 bits per heavy atom. The lowest BCUT2D eigenvalue weighted by molar-refractivity contribution is 0.816. The minimum atomic E-state index is 0.0323. The molecule has 1 heterocycles. The molecule has 0 aliphatic carbocycles. The molecule has 0 aliphatic rings. The van der Waals surface area contributed by atoms with Crippen LogP contribution >= 0.6 is 15.9 Å². The van der Waals surface area contributed by atoms with Crippen LogP contribution in [-0.2, 0) is 0 Å². The van der Waals surface area contributed by atoms with Crippen molar-refractivity contribution in [2.75, 3.05) is 0 Å². The number of hydrogen-bond donors (Lipinski definition) is 1. The van der Waals surface area contributed by atoms with Gasteiger partial charge in [-0.05, 0) is 52.7 Å². The van der Waals surface area contributed by atoms with E-state index in [9.17, 15) is 0 Å². The summed E-state index contributed by atoms with van der Waals surface area (Å²) in [6, 6.07) is 14.3. The van der Waals surface area contributed by atoms with Gasteiger partial charge in [-0.2, -0.15) is 0 Å². The predicted molar refractivity (Wildman–Crippen MR) is 81.4 cm³/mol. The fourth-order valence-corrected chi connectivity index (χ4v) is 2.74. The highest BCUT2D eigenvalue weighted by molar-refractivity contribution is 9.10. The summed E-state index contributed by atoms with van der Waals surface area (Å²) in [5.74, 6) is 0. The number of para-hydroxylation sites is 2. The molecule has 19 heavy (non-hydrogen) atoms. The van der Waals surface area contributed by atoms with Gasteiger partial charge in [0.1, 0.15) is 6.33 Å². The summed E-state index contributed by atoms with van der Waals surface area (Å²) < 4.78 is 3.09. The smallest absolute Gasteiger partial charge is 0.100 e. The van der Waals surface area contributed by atoms with Gasteiger partial charge in [-0.1, -0.05) is 18.2 Å². The Balaban J connectivity index is 2.17. The molecule has 0 aliphatic heterocycles. The largest absolute Gasteiger partial charge is 0.324 e. The lowest BCUT2D eigenvalue weighted by Crippen LogP contribution is -2.05. The molecule has 2 aromatic carbocycles. The number of fused-ring (bicyclic) bond motifs is 1. The first-order valence-corrected chi connectivity index (χ1v) is 6.93. The van der Waals surface area contributed by atoms with Crippen molar-refractivity contribution >= 4 is 27.0 Å². The topological polar surface area (TPSA) is 43.8 Å². The number of halogens is 1. The highest BCUT2D eigenvalue weighted by Gasteiger charge is 2.09. The van der Waals surface area contributed by atoms with E-state index < -0.39 is 0 Å². The van der Waals surface area contributed by atoms with Crippen LogP contribution < -0.4 is 5.73 Å². The van der Waals surface area contributed by atoms with Crippen molar-refractivity contribution in [3.05, 3.63) is 58.8 Å². The van der Waals surface area contributed by atoms with Gasteiger partial charge in [0, 0.05) is 10.5 Å². The number of hydrogen-bond acceptors (Lipinski definition) is 2. The molecule has 4 heteroatoms. The monoisotopic (exact) mass is 315 g/mol. The Labute approximate surface area is 120 Å². The van der Waals surface area contributed by atoms with Gasteiger partial charge >= 0.3 is 0 Å². The van der Waals surface area contributed by atoms with Crippen LogP contribution in [0.3, 0.4) is 0 Å². The Kier molecular flexibility index (Phi) is 3.12. The van der Waals surface area contributed by atoms with Crippen LogP contribution in [0.1, 0.15) is 18.5 Å². The Bertz CT molecular complexity index is 731. The second-order valence-corrected chi connectivity index (χ2v) is 5.46. The fourth-order valence-electron chi connectivity index (χ4n) is 2.15. The van der Waals surface area contributed by atoms with Crippen LogP contribution in [-0.4, -0.2) is 9.55 Å². The summed E-state index contributed by atoms with van der Waals surface area (Å²) in [6.07, 6.45) is 1.84. The molecule has 0 amide bonds. The van der Waals surface area contributed by atoms with Gasteiger partial charge in [0.2, 0.25) is 0 Å². The Hall–Kier alpha value is -1.65. The van der Waals surface area contributed by atoms with E-state index in [1.165, 1.54) is 0 Å². The van der Waals surface area contributed by atoms with Crippen molar-refractivity contribution < 1.29 is 0 Å². The fraction of sp³-hybridized carbons (Fsp3) is 0.133. The second-order valence-electron chi connectivity index (χ2n) is 4.60. The van der Waals surface area contributed by atoms with Crippen molar-refractivity contribution in [3.8, 4) is 5.69 Å². The van der Waals surface area contributed by atoms with E-state index in [1.807, 2.05) is 31.5 Å². The van der Waals surface area contributed by atoms with E-state index in [2.05, 4.69) is 49.7 Å². The van der Waals surface area contributed by atoms with Crippen LogP contribution in [0.2, 0.25) is 0 Å². The molecule has 96 valence electrons. The van der Waals surface area contributed by atoms with E-state index in [4.69, 9.17) is 5.73 Å². The van der Waals surface area contributed by atoms with Crippen molar-refractivity contribution in [2.24, 2.45) is 5.73 Å². The van der Waals surface area contributed by atoms with Gasteiger partial charge in [0.25, 0.3) is 0 Å². The number of rotatable bonds is 2. The van der Waals surface area contributed by atoms with E-state index >= 15 is 0 Å². The third-order valence-corrected chi connectivity index (χ3v) is 3.85. The van der Waals surface area contributed by atoms with Crippen LogP contribution in [0.25, 0.3) is 16.7 Å². The molecular formula is C15H14BrN3. The maximum absolute atomic E-state index is 5.90. The molecule has 0 spiro atoms. The van der Waals surface area contributed by atoms with E-state index in [-0.39, 0.29) is 6.04 Å². The van der Waals surface area contributed by atoms with Gasteiger partial charge in [-0.3, -0.25) is 4.57 Å². The van der Waals surface area contributed by atoms with Crippen molar-refractivity contribution in [1.29, 1.82) is 0 Å². The zero-order chi connectivity index (χ0) is 13.4. The zero-order valence-corrected chi connectivity index (χ0v) is 12.1. The van der Waals surface area contributed by atoms with Crippen LogP contribution in [0.5, 0.6) is 0 Å². The summed E-state index contributed by atoms with van der Waals surface area (Å²) in [6.45, 7) is 1.98. The predicted octanol–water partition coefficient (Wildman–Crippen LogP) is 3.81. The lowest BCUT2D eigenvalue weighted by Gasteiger charge is -2.11. The molecule has 1 atom stereocenters. The number of benzene rings is 2. The Morgan fingerprint density at radius 2 is 2.00 bits per heavy atom.